The molecule has 0 unspecified atom stereocenters. The molecule has 0 aliphatic carbocycles. The lowest BCUT2D eigenvalue weighted by Gasteiger charge is -2.35. The Balaban J connectivity index is 1.85. The highest BCUT2D eigenvalue weighted by atomic mass is 32.2. The van der Waals surface area contributed by atoms with Crippen LogP contribution in [0, 0.1) is 5.92 Å². The highest BCUT2D eigenvalue weighted by Crippen LogP contribution is 2.20. The van der Waals surface area contributed by atoms with Crippen LogP contribution in [-0.4, -0.2) is 57.2 Å². The zero-order valence-corrected chi connectivity index (χ0v) is 17.4. The van der Waals surface area contributed by atoms with Gasteiger partial charge in [-0.3, -0.25) is 0 Å². The third kappa shape index (κ3) is 6.70. The van der Waals surface area contributed by atoms with Crippen LogP contribution < -0.4 is 15.5 Å². The summed E-state index contributed by atoms with van der Waals surface area (Å²) in [6.45, 7) is 9.11. The van der Waals surface area contributed by atoms with Gasteiger partial charge in [0.2, 0.25) is 10.0 Å². The molecule has 1 saturated heterocycles. The number of amides is 2. The van der Waals surface area contributed by atoms with Crippen molar-refractivity contribution in [1.29, 1.82) is 0 Å². The third-order valence-corrected chi connectivity index (χ3v) is 6.51. The number of urea groups is 1. The van der Waals surface area contributed by atoms with E-state index < -0.39 is 10.0 Å². The maximum Gasteiger partial charge on any atom is 0.319 e. The number of benzene rings is 1. The van der Waals surface area contributed by atoms with Crippen LogP contribution in [0.25, 0.3) is 0 Å². The lowest BCUT2D eigenvalue weighted by atomic mass is 10.2. The SMILES string of the molecule is CCCCS(=O)(=O)N1CCN(c2ccc(NC(=O)NCC(C)C)cc2)CC1. The molecule has 0 radical (unpaired) electrons. The molecule has 2 rings (SSSR count). The van der Waals surface area contributed by atoms with E-state index in [1.807, 2.05) is 45.0 Å². The van der Waals surface area contributed by atoms with Crippen molar-refractivity contribution in [1.82, 2.24) is 9.62 Å². The second kappa shape index (κ2) is 9.94. The molecule has 27 heavy (non-hydrogen) atoms. The Bertz CT molecular complexity index is 696. The molecular formula is C19H32N4O3S. The van der Waals surface area contributed by atoms with Crippen LogP contribution in [0.3, 0.4) is 0 Å². The van der Waals surface area contributed by atoms with Crippen LogP contribution in [0.2, 0.25) is 0 Å². The van der Waals surface area contributed by atoms with Crippen molar-refractivity contribution in [2.24, 2.45) is 5.92 Å². The maximum absolute atomic E-state index is 12.3. The summed E-state index contributed by atoms with van der Waals surface area (Å²) in [7, 11) is -3.13. The summed E-state index contributed by atoms with van der Waals surface area (Å²) in [6, 6.07) is 7.45. The molecule has 1 aromatic rings. The Morgan fingerprint density at radius 2 is 1.74 bits per heavy atom. The molecule has 2 N–H and O–H groups in total. The van der Waals surface area contributed by atoms with Gasteiger partial charge in [0.15, 0.2) is 0 Å². The molecule has 0 aromatic heterocycles. The largest absolute Gasteiger partial charge is 0.369 e. The van der Waals surface area contributed by atoms with Gasteiger partial charge in [-0.1, -0.05) is 27.2 Å². The molecule has 0 atom stereocenters. The highest BCUT2D eigenvalue weighted by molar-refractivity contribution is 7.89. The number of nitrogens with one attached hydrogen (secondary N) is 2. The molecule has 1 aromatic carbocycles. The van der Waals surface area contributed by atoms with E-state index in [9.17, 15) is 13.2 Å². The Morgan fingerprint density at radius 3 is 2.30 bits per heavy atom. The minimum atomic E-state index is -3.13. The van der Waals surface area contributed by atoms with E-state index in [1.54, 1.807) is 4.31 Å². The summed E-state index contributed by atoms with van der Waals surface area (Å²) in [4.78, 5) is 14.0. The van der Waals surface area contributed by atoms with Gasteiger partial charge < -0.3 is 15.5 Å². The van der Waals surface area contributed by atoms with Crippen molar-refractivity contribution in [3.8, 4) is 0 Å². The van der Waals surface area contributed by atoms with Gasteiger partial charge in [0.25, 0.3) is 0 Å². The van der Waals surface area contributed by atoms with Crippen molar-refractivity contribution in [3.63, 3.8) is 0 Å². The summed E-state index contributed by atoms with van der Waals surface area (Å²) in [5.74, 6) is 0.644. The fourth-order valence-electron chi connectivity index (χ4n) is 2.91. The molecule has 7 nitrogen and oxygen atoms in total. The topological polar surface area (TPSA) is 81.8 Å². The lowest BCUT2D eigenvalue weighted by molar-refractivity contribution is 0.251. The normalized spacial score (nSPS) is 15.8. The van der Waals surface area contributed by atoms with Crippen LogP contribution in [0.1, 0.15) is 33.6 Å². The zero-order chi connectivity index (χ0) is 19.9. The predicted molar refractivity (Wildman–Crippen MR) is 111 cm³/mol. The van der Waals surface area contributed by atoms with Crippen LogP contribution in [0.15, 0.2) is 24.3 Å². The van der Waals surface area contributed by atoms with Gasteiger partial charge in [-0.15, -0.1) is 0 Å². The first-order valence-corrected chi connectivity index (χ1v) is 11.3. The monoisotopic (exact) mass is 396 g/mol. The number of carbonyl (C=O) groups is 1. The Morgan fingerprint density at radius 1 is 1.11 bits per heavy atom. The molecule has 1 fully saturated rings. The van der Waals surface area contributed by atoms with Crippen molar-refractivity contribution in [2.45, 2.75) is 33.6 Å². The van der Waals surface area contributed by atoms with E-state index in [0.717, 1.165) is 17.8 Å². The van der Waals surface area contributed by atoms with E-state index in [1.165, 1.54) is 0 Å². The zero-order valence-electron chi connectivity index (χ0n) is 16.6. The molecule has 1 aliphatic heterocycles. The number of rotatable bonds is 8. The number of hydrogen-bond donors (Lipinski definition) is 2. The van der Waals surface area contributed by atoms with Crippen molar-refractivity contribution >= 4 is 27.4 Å². The average molecular weight is 397 g/mol. The smallest absolute Gasteiger partial charge is 0.319 e. The van der Waals surface area contributed by atoms with Gasteiger partial charge in [0, 0.05) is 44.1 Å². The number of hydrogen-bond acceptors (Lipinski definition) is 4. The Labute approximate surface area is 163 Å². The third-order valence-electron chi connectivity index (χ3n) is 4.55. The summed E-state index contributed by atoms with van der Waals surface area (Å²) in [6.07, 6.45) is 1.59. The number of sulfonamides is 1. The molecule has 1 aliphatic rings. The van der Waals surface area contributed by atoms with Crippen LogP contribution in [-0.2, 0) is 10.0 Å². The van der Waals surface area contributed by atoms with Crippen molar-refractivity contribution in [3.05, 3.63) is 24.3 Å². The standard InChI is InChI=1S/C19H32N4O3S/c1-4-5-14-27(25,26)23-12-10-22(11-13-23)18-8-6-17(7-9-18)21-19(24)20-15-16(2)3/h6-9,16H,4-5,10-15H2,1-3H3,(H2,20,21,24). The van der Waals surface area contributed by atoms with Gasteiger partial charge in [-0.2, -0.15) is 4.31 Å². The van der Waals surface area contributed by atoms with Gasteiger partial charge in [-0.25, -0.2) is 13.2 Å². The molecule has 0 bridgehead atoms. The van der Waals surface area contributed by atoms with Crippen LogP contribution in [0.4, 0.5) is 16.2 Å². The molecule has 1 heterocycles. The van der Waals surface area contributed by atoms with Crippen LogP contribution in [0.5, 0.6) is 0 Å². The quantitative estimate of drug-likeness (QED) is 0.708. The highest BCUT2D eigenvalue weighted by Gasteiger charge is 2.26. The van der Waals surface area contributed by atoms with E-state index in [4.69, 9.17) is 0 Å². The Kier molecular flexibility index (Phi) is 7.91. The molecule has 0 spiro atoms. The second-order valence-corrected chi connectivity index (χ2v) is 9.42. The summed E-state index contributed by atoms with van der Waals surface area (Å²) >= 11 is 0. The lowest BCUT2D eigenvalue weighted by Crippen LogP contribution is -2.49. The molecule has 8 heteroatoms. The number of carbonyl (C=O) groups excluding carboxylic acids is 1. The van der Waals surface area contributed by atoms with Crippen LogP contribution >= 0.6 is 0 Å². The summed E-state index contributed by atoms with van der Waals surface area (Å²) in [5.41, 5.74) is 1.77. The van der Waals surface area contributed by atoms with E-state index in [2.05, 4.69) is 15.5 Å². The molecule has 0 saturated carbocycles. The van der Waals surface area contributed by atoms with Gasteiger partial charge in [0.1, 0.15) is 0 Å². The second-order valence-electron chi connectivity index (χ2n) is 7.33. The van der Waals surface area contributed by atoms with Gasteiger partial charge in [0.05, 0.1) is 5.75 Å². The first-order valence-electron chi connectivity index (χ1n) is 9.69. The Hall–Kier alpha value is -1.80. The molecular weight excluding hydrogens is 364 g/mol. The predicted octanol–water partition coefficient (Wildman–Crippen LogP) is 2.72. The van der Waals surface area contributed by atoms with Crippen molar-refractivity contribution in [2.75, 3.05) is 48.7 Å². The fourth-order valence-corrected chi connectivity index (χ4v) is 4.54. The number of piperazine rings is 1. The number of anilines is 2. The number of nitrogens with zero attached hydrogens (tertiary/aromatic N) is 2. The molecule has 152 valence electrons. The van der Waals surface area contributed by atoms with E-state index in [0.29, 0.717) is 45.1 Å². The van der Waals surface area contributed by atoms with Crippen molar-refractivity contribution < 1.29 is 13.2 Å². The van der Waals surface area contributed by atoms with Gasteiger partial charge >= 0.3 is 6.03 Å². The first kappa shape index (κ1) is 21.5. The first-order chi connectivity index (χ1) is 12.8. The number of unbranched alkanes of at least 4 members (excludes halogenated alkanes) is 1. The minimum absolute atomic E-state index is 0.206. The minimum Gasteiger partial charge on any atom is -0.369 e. The fraction of sp³-hybridized carbons (Fsp3) is 0.632. The summed E-state index contributed by atoms with van der Waals surface area (Å²) in [5, 5.41) is 5.64. The van der Waals surface area contributed by atoms with E-state index in [-0.39, 0.29) is 11.8 Å². The maximum atomic E-state index is 12.3. The summed E-state index contributed by atoms with van der Waals surface area (Å²) < 4.78 is 26.2. The molecule has 2 amide bonds. The van der Waals surface area contributed by atoms with E-state index >= 15 is 0 Å². The van der Waals surface area contributed by atoms with Gasteiger partial charge in [-0.05, 0) is 36.6 Å². The average Bonchev–Trinajstić information content (AvgIpc) is 2.65.